The fourth-order valence-electron chi connectivity index (χ4n) is 1.68. The lowest BCUT2D eigenvalue weighted by molar-refractivity contribution is 0.0695. The number of nitrogens with one attached hydrogen (secondary N) is 1. The standard InChI is InChI=1S/C13H10Cl3NO3/c1-6-8(13(18)19)2-7(20-6)5-17-12-4-10(15)9(14)3-11(12)16/h2-4,17H,5H2,1H3,(H,18,19). The van der Waals surface area contributed by atoms with Crippen molar-refractivity contribution in [3.63, 3.8) is 0 Å². The first kappa shape index (κ1) is 15.0. The second kappa shape index (κ2) is 5.95. The number of furan rings is 1. The molecule has 1 aromatic heterocycles. The van der Waals surface area contributed by atoms with Crippen LogP contribution in [-0.2, 0) is 6.54 Å². The molecule has 20 heavy (non-hydrogen) atoms. The summed E-state index contributed by atoms with van der Waals surface area (Å²) in [5.74, 6) is -0.179. The Kier molecular flexibility index (Phi) is 4.48. The highest BCUT2D eigenvalue weighted by Crippen LogP contribution is 2.32. The lowest BCUT2D eigenvalue weighted by atomic mass is 10.2. The van der Waals surface area contributed by atoms with Gasteiger partial charge in [0.1, 0.15) is 17.1 Å². The number of halogens is 3. The first-order valence-electron chi connectivity index (χ1n) is 5.59. The van der Waals surface area contributed by atoms with E-state index in [4.69, 9.17) is 44.3 Å². The van der Waals surface area contributed by atoms with Crippen LogP contribution in [0, 0.1) is 6.92 Å². The third kappa shape index (κ3) is 3.20. The molecule has 0 aliphatic rings. The highest BCUT2D eigenvalue weighted by atomic mass is 35.5. The van der Waals surface area contributed by atoms with Crippen LogP contribution in [0.2, 0.25) is 15.1 Å². The quantitative estimate of drug-likeness (QED) is 0.784. The van der Waals surface area contributed by atoms with Crippen molar-refractivity contribution in [2.75, 3.05) is 5.32 Å². The summed E-state index contributed by atoms with van der Waals surface area (Å²) < 4.78 is 5.35. The molecule has 0 fully saturated rings. The average Bonchev–Trinajstić information content (AvgIpc) is 2.74. The van der Waals surface area contributed by atoms with Crippen molar-refractivity contribution in [3.05, 3.63) is 50.4 Å². The SMILES string of the molecule is Cc1oc(CNc2cc(Cl)c(Cl)cc2Cl)cc1C(=O)O. The van der Waals surface area contributed by atoms with E-state index in [9.17, 15) is 4.79 Å². The molecule has 2 N–H and O–H groups in total. The first-order valence-corrected chi connectivity index (χ1v) is 6.73. The van der Waals surface area contributed by atoms with E-state index in [1.54, 1.807) is 13.0 Å². The van der Waals surface area contributed by atoms with Crippen molar-refractivity contribution in [1.82, 2.24) is 0 Å². The topological polar surface area (TPSA) is 62.5 Å². The summed E-state index contributed by atoms with van der Waals surface area (Å²) in [4.78, 5) is 10.9. The molecular weight excluding hydrogens is 325 g/mol. The summed E-state index contributed by atoms with van der Waals surface area (Å²) in [6.45, 7) is 1.88. The number of benzene rings is 1. The maximum atomic E-state index is 10.9. The van der Waals surface area contributed by atoms with Crippen molar-refractivity contribution < 1.29 is 14.3 Å². The maximum absolute atomic E-state index is 10.9. The van der Waals surface area contributed by atoms with Crippen molar-refractivity contribution in [2.24, 2.45) is 0 Å². The molecule has 0 saturated heterocycles. The second-order valence-corrected chi connectivity index (χ2v) is 5.31. The Morgan fingerprint density at radius 3 is 2.45 bits per heavy atom. The number of carboxylic acids is 1. The molecule has 0 unspecified atom stereocenters. The van der Waals surface area contributed by atoms with Gasteiger partial charge in [0.2, 0.25) is 0 Å². The summed E-state index contributed by atoms with van der Waals surface area (Å²) >= 11 is 17.8. The van der Waals surface area contributed by atoms with Gasteiger partial charge in [-0.25, -0.2) is 4.79 Å². The number of anilines is 1. The predicted molar refractivity (Wildman–Crippen MR) is 79.2 cm³/mol. The van der Waals surface area contributed by atoms with Crippen molar-refractivity contribution in [3.8, 4) is 0 Å². The smallest absolute Gasteiger partial charge is 0.339 e. The first-order chi connectivity index (χ1) is 9.38. The lowest BCUT2D eigenvalue weighted by Gasteiger charge is -2.08. The summed E-state index contributed by atoms with van der Waals surface area (Å²) in [5, 5.41) is 13.1. The Labute approximate surface area is 130 Å². The normalized spacial score (nSPS) is 10.6. The van der Waals surface area contributed by atoms with Crippen LogP contribution in [0.4, 0.5) is 5.69 Å². The highest BCUT2D eigenvalue weighted by Gasteiger charge is 2.14. The van der Waals surface area contributed by atoms with E-state index in [1.807, 2.05) is 0 Å². The molecule has 7 heteroatoms. The zero-order chi connectivity index (χ0) is 14.9. The number of carboxylic acid groups (broad SMARTS) is 1. The fourth-order valence-corrected chi connectivity index (χ4v) is 2.30. The second-order valence-electron chi connectivity index (χ2n) is 4.09. The molecule has 106 valence electrons. The number of hydrogen-bond donors (Lipinski definition) is 2. The van der Waals surface area contributed by atoms with E-state index in [2.05, 4.69) is 5.32 Å². The van der Waals surface area contributed by atoms with Gasteiger partial charge in [-0.3, -0.25) is 0 Å². The number of rotatable bonds is 4. The lowest BCUT2D eigenvalue weighted by Crippen LogP contribution is -1.99. The molecule has 0 aliphatic heterocycles. The van der Waals surface area contributed by atoms with Crippen LogP contribution in [0.5, 0.6) is 0 Å². The maximum Gasteiger partial charge on any atom is 0.339 e. The van der Waals surface area contributed by atoms with Crippen LogP contribution in [-0.4, -0.2) is 11.1 Å². The van der Waals surface area contributed by atoms with E-state index in [1.165, 1.54) is 12.1 Å². The molecule has 2 rings (SSSR count). The van der Waals surface area contributed by atoms with Gasteiger partial charge in [-0.05, 0) is 25.1 Å². The molecule has 2 aromatic rings. The summed E-state index contributed by atoms with van der Waals surface area (Å²) in [6, 6.07) is 4.60. The van der Waals surface area contributed by atoms with E-state index >= 15 is 0 Å². The van der Waals surface area contributed by atoms with Crippen LogP contribution in [0.15, 0.2) is 22.6 Å². The molecule has 1 aromatic carbocycles. The third-order valence-corrected chi connectivity index (χ3v) is 3.70. The Balaban J connectivity index is 2.15. The van der Waals surface area contributed by atoms with Gasteiger partial charge in [0.25, 0.3) is 0 Å². The molecule has 0 atom stereocenters. The minimum absolute atomic E-state index is 0.141. The molecule has 0 saturated carbocycles. The van der Waals surface area contributed by atoms with Gasteiger partial charge >= 0.3 is 5.97 Å². The Morgan fingerprint density at radius 1 is 1.20 bits per heavy atom. The Bertz CT molecular complexity index is 667. The predicted octanol–water partition coefficient (Wildman–Crippen LogP) is 4.86. The molecule has 0 bridgehead atoms. The minimum atomic E-state index is -1.02. The van der Waals surface area contributed by atoms with E-state index in [0.29, 0.717) is 32.3 Å². The van der Waals surface area contributed by atoms with E-state index < -0.39 is 5.97 Å². The largest absolute Gasteiger partial charge is 0.478 e. The zero-order valence-corrected chi connectivity index (χ0v) is 12.6. The monoisotopic (exact) mass is 333 g/mol. The number of carbonyl (C=O) groups is 1. The third-order valence-electron chi connectivity index (χ3n) is 2.66. The molecule has 4 nitrogen and oxygen atoms in total. The number of hydrogen-bond acceptors (Lipinski definition) is 3. The molecule has 1 heterocycles. The van der Waals surface area contributed by atoms with Gasteiger partial charge in [-0.15, -0.1) is 0 Å². The summed E-state index contributed by atoms with van der Waals surface area (Å²) in [6.07, 6.45) is 0. The molecule has 0 aliphatic carbocycles. The van der Waals surface area contributed by atoms with Gasteiger partial charge < -0.3 is 14.8 Å². The van der Waals surface area contributed by atoms with Crippen molar-refractivity contribution in [1.29, 1.82) is 0 Å². The number of aryl methyl sites for hydroxylation is 1. The van der Waals surface area contributed by atoms with Gasteiger partial charge in [0, 0.05) is 0 Å². The van der Waals surface area contributed by atoms with Crippen LogP contribution in [0.25, 0.3) is 0 Å². The zero-order valence-electron chi connectivity index (χ0n) is 10.3. The number of aromatic carboxylic acids is 1. The highest BCUT2D eigenvalue weighted by molar-refractivity contribution is 6.44. The van der Waals surface area contributed by atoms with Crippen LogP contribution < -0.4 is 5.32 Å². The molecule has 0 amide bonds. The van der Waals surface area contributed by atoms with Gasteiger partial charge in [-0.2, -0.15) is 0 Å². The Hall–Kier alpha value is -1.36. The average molecular weight is 335 g/mol. The Morgan fingerprint density at radius 2 is 1.85 bits per heavy atom. The fraction of sp³-hybridized carbons (Fsp3) is 0.154. The van der Waals surface area contributed by atoms with Crippen LogP contribution in [0.3, 0.4) is 0 Å². The van der Waals surface area contributed by atoms with Crippen LogP contribution >= 0.6 is 34.8 Å². The summed E-state index contributed by atoms with van der Waals surface area (Å²) in [7, 11) is 0. The van der Waals surface area contributed by atoms with Crippen molar-refractivity contribution in [2.45, 2.75) is 13.5 Å². The van der Waals surface area contributed by atoms with Gasteiger partial charge in [-0.1, -0.05) is 34.8 Å². The van der Waals surface area contributed by atoms with E-state index in [-0.39, 0.29) is 12.1 Å². The summed E-state index contributed by atoms with van der Waals surface area (Å²) in [5.41, 5.74) is 0.731. The molecular formula is C13H10Cl3NO3. The van der Waals surface area contributed by atoms with Gasteiger partial charge in [0.15, 0.2) is 0 Å². The minimum Gasteiger partial charge on any atom is -0.478 e. The molecule has 0 spiro atoms. The van der Waals surface area contributed by atoms with E-state index in [0.717, 1.165) is 0 Å². The van der Waals surface area contributed by atoms with Gasteiger partial charge in [0.05, 0.1) is 27.3 Å². The molecule has 0 radical (unpaired) electrons. The van der Waals surface area contributed by atoms with Crippen molar-refractivity contribution >= 4 is 46.5 Å². The van der Waals surface area contributed by atoms with Crippen LogP contribution in [0.1, 0.15) is 21.9 Å².